The number of hydrogen-bond acceptors (Lipinski definition) is 3. The van der Waals surface area contributed by atoms with Crippen molar-refractivity contribution in [2.75, 3.05) is 13.2 Å². The number of likely N-dealkylation sites (tertiary alicyclic amines) is 1. The van der Waals surface area contributed by atoms with Gasteiger partial charge in [0, 0.05) is 18.9 Å². The van der Waals surface area contributed by atoms with E-state index < -0.39 is 55.5 Å². The Morgan fingerprint density at radius 2 is 1.84 bits per heavy atom. The summed E-state index contributed by atoms with van der Waals surface area (Å²) in [5.41, 5.74) is 0.367. The number of hydrogen-bond donors (Lipinski definition) is 0. The van der Waals surface area contributed by atoms with Crippen LogP contribution in [0, 0.1) is 5.92 Å². The van der Waals surface area contributed by atoms with Gasteiger partial charge in [0.25, 0.3) is 5.92 Å². The molecule has 4 nitrogen and oxygen atoms in total. The summed E-state index contributed by atoms with van der Waals surface area (Å²) in [7, 11) is 0. The maximum atomic E-state index is 14.1. The number of carbonyl (C=O) groups is 2. The third-order valence-electron chi connectivity index (χ3n) is 4.02. The lowest BCUT2D eigenvalue weighted by molar-refractivity contribution is -0.192. The van der Waals surface area contributed by atoms with Crippen LogP contribution < -0.4 is 0 Å². The third kappa shape index (κ3) is 4.67. The van der Waals surface area contributed by atoms with Crippen molar-refractivity contribution in [1.82, 2.24) is 4.90 Å². The highest BCUT2D eigenvalue weighted by Crippen LogP contribution is 2.43. The molecule has 1 aromatic carbocycles. The van der Waals surface area contributed by atoms with Gasteiger partial charge in [-0.15, -0.1) is 0 Å². The Bertz CT molecular complexity index is 632. The van der Waals surface area contributed by atoms with E-state index in [9.17, 15) is 31.5 Å². The topological polar surface area (TPSA) is 46.6 Å². The summed E-state index contributed by atoms with van der Waals surface area (Å²) in [5.74, 6) is -7.39. The zero-order valence-corrected chi connectivity index (χ0v) is 13.2. The number of piperidine rings is 1. The first kappa shape index (κ1) is 19.1. The molecular weight excluding hydrogens is 349 g/mol. The predicted octanol–water partition coefficient (Wildman–Crippen LogP) is 3.34. The van der Waals surface area contributed by atoms with Gasteiger partial charge in [-0.1, -0.05) is 37.3 Å². The van der Waals surface area contributed by atoms with Crippen LogP contribution in [0.5, 0.6) is 0 Å². The summed E-state index contributed by atoms with van der Waals surface area (Å²) in [6, 6.07) is 6.71. The number of ether oxygens (including phenoxy) is 1. The number of esters is 1. The quantitative estimate of drug-likeness (QED) is 0.459. The van der Waals surface area contributed by atoms with Gasteiger partial charge >= 0.3 is 18.1 Å². The molecule has 0 saturated carbocycles. The lowest BCUT2D eigenvalue weighted by Gasteiger charge is -2.42. The SMILES string of the molecule is C[C@@H]1CN(C(=O)C(=O)OCC(F)(F)F)[C@@H](c2ccccc2)CC1(F)F. The summed E-state index contributed by atoms with van der Waals surface area (Å²) < 4.78 is 68.5. The van der Waals surface area contributed by atoms with E-state index in [-0.39, 0.29) is 0 Å². The van der Waals surface area contributed by atoms with Crippen LogP contribution in [0.3, 0.4) is 0 Å². The first-order valence-corrected chi connectivity index (χ1v) is 7.48. The fraction of sp³-hybridized carbons (Fsp3) is 0.500. The van der Waals surface area contributed by atoms with Gasteiger partial charge in [0.2, 0.25) is 0 Å². The van der Waals surface area contributed by atoms with Crippen LogP contribution in [0.4, 0.5) is 22.0 Å². The summed E-state index contributed by atoms with van der Waals surface area (Å²) in [4.78, 5) is 24.7. The highest BCUT2D eigenvalue weighted by atomic mass is 19.4. The fourth-order valence-corrected chi connectivity index (χ4v) is 2.65. The molecule has 2 rings (SSSR count). The monoisotopic (exact) mass is 365 g/mol. The Morgan fingerprint density at radius 3 is 2.40 bits per heavy atom. The van der Waals surface area contributed by atoms with Crippen molar-refractivity contribution in [3.63, 3.8) is 0 Å². The molecule has 9 heteroatoms. The number of amides is 1. The van der Waals surface area contributed by atoms with Crippen LogP contribution in [-0.2, 0) is 14.3 Å². The molecule has 1 saturated heterocycles. The van der Waals surface area contributed by atoms with Gasteiger partial charge in [0.15, 0.2) is 6.61 Å². The van der Waals surface area contributed by atoms with Gasteiger partial charge in [-0.05, 0) is 5.56 Å². The summed E-state index contributed by atoms with van der Waals surface area (Å²) in [5, 5.41) is 0. The molecule has 1 aliphatic rings. The van der Waals surface area contributed by atoms with E-state index in [0.717, 1.165) is 4.90 Å². The second-order valence-corrected chi connectivity index (χ2v) is 5.94. The number of benzene rings is 1. The maximum absolute atomic E-state index is 14.1. The predicted molar refractivity (Wildman–Crippen MR) is 76.6 cm³/mol. The van der Waals surface area contributed by atoms with Crippen molar-refractivity contribution < 1.29 is 36.3 Å². The maximum Gasteiger partial charge on any atom is 0.422 e. The molecule has 0 aromatic heterocycles. The number of carbonyl (C=O) groups excluding carboxylic acids is 2. The van der Waals surface area contributed by atoms with Crippen molar-refractivity contribution >= 4 is 11.9 Å². The molecule has 2 atom stereocenters. The molecule has 25 heavy (non-hydrogen) atoms. The average Bonchev–Trinajstić information content (AvgIpc) is 2.54. The number of rotatable bonds is 2. The molecule has 1 heterocycles. The molecule has 1 aliphatic heterocycles. The van der Waals surface area contributed by atoms with Crippen molar-refractivity contribution in [3.05, 3.63) is 35.9 Å². The molecule has 0 N–H and O–H groups in total. The van der Waals surface area contributed by atoms with Crippen LogP contribution in [0.25, 0.3) is 0 Å². The minimum absolute atomic E-state index is 0.367. The molecular formula is C16H16F5NO3. The van der Waals surface area contributed by atoms with E-state index in [1.807, 2.05) is 0 Å². The Balaban J connectivity index is 2.22. The van der Waals surface area contributed by atoms with Gasteiger partial charge in [-0.3, -0.25) is 4.79 Å². The molecule has 1 amide bonds. The molecule has 138 valence electrons. The summed E-state index contributed by atoms with van der Waals surface area (Å²) in [6.07, 6.45) is -5.51. The van der Waals surface area contributed by atoms with Gasteiger partial charge in [-0.25, -0.2) is 13.6 Å². The molecule has 0 radical (unpaired) electrons. The van der Waals surface area contributed by atoms with E-state index in [1.165, 1.54) is 19.1 Å². The Hall–Kier alpha value is -2.19. The Kier molecular flexibility index (Phi) is 5.34. The highest BCUT2D eigenvalue weighted by Gasteiger charge is 2.49. The minimum Gasteiger partial charge on any atom is -0.449 e. The summed E-state index contributed by atoms with van der Waals surface area (Å²) >= 11 is 0. The largest absolute Gasteiger partial charge is 0.449 e. The number of halogens is 5. The number of nitrogens with zero attached hydrogens (tertiary/aromatic N) is 1. The van der Waals surface area contributed by atoms with E-state index in [4.69, 9.17) is 0 Å². The van der Waals surface area contributed by atoms with Gasteiger partial charge in [0.05, 0.1) is 6.04 Å². The first-order chi connectivity index (χ1) is 11.5. The number of alkyl halides is 5. The lowest BCUT2D eigenvalue weighted by atomic mass is 9.86. The summed E-state index contributed by atoms with van der Waals surface area (Å²) in [6.45, 7) is -1.16. The van der Waals surface area contributed by atoms with Gasteiger partial charge in [0.1, 0.15) is 0 Å². The van der Waals surface area contributed by atoms with Gasteiger partial charge in [-0.2, -0.15) is 13.2 Å². The van der Waals surface area contributed by atoms with Crippen molar-refractivity contribution in [3.8, 4) is 0 Å². The molecule has 0 aliphatic carbocycles. The lowest BCUT2D eigenvalue weighted by Crippen LogP contribution is -2.52. The van der Waals surface area contributed by atoms with Crippen LogP contribution in [0.15, 0.2) is 30.3 Å². The van der Waals surface area contributed by atoms with E-state index in [2.05, 4.69) is 4.74 Å². The molecule has 0 spiro atoms. The van der Waals surface area contributed by atoms with Crippen LogP contribution in [0.2, 0.25) is 0 Å². The van der Waals surface area contributed by atoms with Crippen LogP contribution >= 0.6 is 0 Å². The van der Waals surface area contributed by atoms with Crippen molar-refractivity contribution in [1.29, 1.82) is 0 Å². The Labute approximate surface area is 140 Å². The van der Waals surface area contributed by atoms with Crippen LogP contribution in [0.1, 0.15) is 24.9 Å². The van der Waals surface area contributed by atoms with E-state index >= 15 is 0 Å². The van der Waals surface area contributed by atoms with E-state index in [1.54, 1.807) is 18.2 Å². The second-order valence-electron chi connectivity index (χ2n) is 5.94. The van der Waals surface area contributed by atoms with Crippen molar-refractivity contribution in [2.45, 2.75) is 31.5 Å². The molecule has 0 bridgehead atoms. The first-order valence-electron chi connectivity index (χ1n) is 7.48. The average molecular weight is 365 g/mol. The third-order valence-corrected chi connectivity index (χ3v) is 4.02. The minimum atomic E-state index is -4.78. The van der Waals surface area contributed by atoms with Crippen LogP contribution in [-0.4, -0.2) is 42.0 Å². The molecule has 1 aromatic rings. The Morgan fingerprint density at radius 1 is 1.24 bits per heavy atom. The smallest absolute Gasteiger partial charge is 0.422 e. The normalized spacial score (nSPS) is 23.2. The molecule has 1 fully saturated rings. The van der Waals surface area contributed by atoms with Gasteiger partial charge < -0.3 is 9.64 Å². The second kappa shape index (κ2) is 6.97. The standard InChI is InChI=1S/C16H16F5NO3/c1-10-8-22(13(23)14(24)25-9-16(19,20)21)12(7-15(10,17)18)11-5-3-2-4-6-11/h2-6,10,12H,7-9H2,1H3/t10-,12-/m1/s1. The van der Waals surface area contributed by atoms with Crippen molar-refractivity contribution in [2.24, 2.45) is 5.92 Å². The zero-order chi connectivity index (χ0) is 18.8. The highest BCUT2D eigenvalue weighted by molar-refractivity contribution is 6.32. The molecule has 0 unspecified atom stereocenters. The zero-order valence-electron chi connectivity index (χ0n) is 13.2. The van der Waals surface area contributed by atoms with E-state index in [0.29, 0.717) is 5.56 Å². The fourth-order valence-electron chi connectivity index (χ4n) is 2.65.